The van der Waals surface area contributed by atoms with Gasteiger partial charge in [0.2, 0.25) is 0 Å². The third kappa shape index (κ3) is 3.91. The quantitative estimate of drug-likeness (QED) is 0.701. The van der Waals surface area contributed by atoms with Crippen LogP contribution in [0.25, 0.3) is 22.3 Å². The van der Waals surface area contributed by atoms with Gasteiger partial charge in [0.25, 0.3) is 0 Å². The predicted octanol–water partition coefficient (Wildman–Crippen LogP) is 3.59. The maximum atomic E-state index is 10.9. The molecule has 0 radical (unpaired) electrons. The lowest BCUT2D eigenvalue weighted by Gasteiger charge is -2.09. The number of nitrogen functional groups attached to an aromatic ring is 1. The summed E-state index contributed by atoms with van der Waals surface area (Å²) in [7, 11) is 0. The van der Waals surface area contributed by atoms with Crippen molar-refractivity contribution in [2.75, 3.05) is 5.73 Å². The molecule has 1 aromatic heterocycles. The first-order valence-corrected chi connectivity index (χ1v) is 8.77. The fourth-order valence-corrected chi connectivity index (χ4v) is 3.00. The van der Waals surface area contributed by atoms with Crippen LogP contribution in [-0.4, -0.2) is 13.7 Å². The average Bonchev–Trinajstić information content (AvgIpc) is 2.62. The van der Waals surface area contributed by atoms with Crippen molar-refractivity contribution in [3.05, 3.63) is 71.9 Å². The molecular formula is C19H15N3O2S. The minimum atomic E-state index is -1.85. The Balaban J connectivity index is 1.95. The highest BCUT2D eigenvalue weighted by Crippen LogP contribution is 2.30. The first-order valence-electron chi connectivity index (χ1n) is 7.49. The second-order valence-corrected chi connectivity index (χ2v) is 6.44. The van der Waals surface area contributed by atoms with Gasteiger partial charge in [-0.1, -0.05) is 36.4 Å². The molecule has 1 heterocycles. The van der Waals surface area contributed by atoms with Crippen LogP contribution in [0, 0.1) is 11.3 Å². The van der Waals surface area contributed by atoms with Gasteiger partial charge in [-0.15, -0.1) is 0 Å². The highest BCUT2D eigenvalue weighted by atomic mass is 32.2. The molecule has 0 saturated heterocycles. The van der Waals surface area contributed by atoms with Crippen LogP contribution in [0.4, 0.5) is 5.82 Å². The van der Waals surface area contributed by atoms with Crippen molar-refractivity contribution in [1.29, 1.82) is 5.26 Å². The zero-order valence-corrected chi connectivity index (χ0v) is 14.0. The lowest BCUT2D eigenvalue weighted by molar-refractivity contribution is 0.563. The van der Waals surface area contributed by atoms with Crippen LogP contribution in [0.3, 0.4) is 0 Å². The molecule has 0 aliphatic rings. The largest absolute Gasteiger partial charge is 0.383 e. The summed E-state index contributed by atoms with van der Waals surface area (Å²) in [6.07, 6.45) is 1.70. The summed E-state index contributed by atoms with van der Waals surface area (Å²) in [5.41, 5.74) is 10.9. The standard InChI is InChI=1S/C19H15N3O2S/c20-10-13-1-7-16(8-2-13)18-9-17(11-22-19(18)21)15-5-3-14(4-6-15)12-25(23)24/h1-9,11H,12H2,(H2,21,22)(H,23,24). The van der Waals surface area contributed by atoms with Gasteiger partial charge in [0, 0.05) is 17.3 Å². The van der Waals surface area contributed by atoms with Crippen molar-refractivity contribution in [2.45, 2.75) is 5.75 Å². The first-order chi connectivity index (χ1) is 12.1. The maximum Gasteiger partial charge on any atom is 0.157 e. The summed E-state index contributed by atoms with van der Waals surface area (Å²) in [6, 6.07) is 18.6. The van der Waals surface area contributed by atoms with E-state index in [1.165, 1.54) is 0 Å². The van der Waals surface area contributed by atoms with Gasteiger partial charge in [0.15, 0.2) is 11.1 Å². The van der Waals surface area contributed by atoms with Crippen LogP contribution >= 0.6 is 0 Å². The summed E-state index contributed by atoms with van der Waals surface area (Å²) in [4.78, 5) is 4.27. The predicted molar refractivity (Wildman–Crippen MR) is 98.7 cm³/mol. The number of hydrogen-bond donors (Lipinski definition) is 2. The number of nitrogens with zero attached hydrogens (tertiary/aromatic N) is 2. The molecule has 6 heteroatoms. The number of benzene rings is 2. The summed E-state index contributed by atoms with van der Waals surface area (Å²) in [5.74, 6) is 0.525. The smallest absolute Gasteiger partial charge is 0.157 e. The number of anilines is 1. The monoisotopic (exact) mass is 349 g/mol. The van der Waals surface area contributed by atoms with Crippen LogP contribution in [-0.2, 0) is 16.8 Å². The second kappa shape index (κ2) is 7.26. The van der Waals surface area contributed by atoms with E-state index >= 15 is 0 Å². The molecule has 3 rings (SSSR count). The molecule has 124 valence electrons. The topological polar surface area (TPSA) is 100 Å². The van der Waals surface area contributed by atoms with E-state index < -0.39 is 11.1 Å². The Morgan fingerprint density at radius 2 is 1.68 bits per heavy atom. The van der Waals surface area contributed by atoms with Gasteiger partial charge >= 0.3 is 0 Å². The van der Waals surface area contributed by atoms with E-state index in [-0.39, 0.29) is 5.75 Å². The van der Waals surface area contributed by atoms with E-state index in [9.17, 15) is 4.21 Å². The van der Waals surface area contributed by atoms with Crippen LogP contribution < -0.4 is 5.73 Å². The number of nitrogens with two attached hydrogens (primary N) is 1. The second-order valence-electron chi connectivity index (χ2n) is 5.51. The molecule has 0 aliphatic carbocycles. The van der Waals surface area contributed by atoms with E-state index in [1.54, 1.807) is 18.3 Å². The average molecular weight is 349 g/mol. The minimum absolute atomic E-state index is 0.108. The Morgan fingerprint density at radius 3 is 2.28 bits per heavy atom. The van der Waals surface area contributed by atoms with Crippen LogP contribution in [0.2, 0.25) is 0 Å². The van der Waals surface area contributed by atoms with Crippen molar-refractivity contribution < 1.29 is 8.76 Å². The number of nitriles is 1. The molecule has 1 atom stereocenters. The van der Waals surface area contributed by atoms with Crippen LogP contribution in [0.1, 0.15) is 11.1 Å². The van der Waals surface area contributed by atoms with E-state index in [2.05, 4.69) is 11.1 Å². The summed E-state index contributed by atoms with van der Waals surface area (Å²) < 4.78 is 19.8. The molecule has 0 fully saturated rings. The molecule has 0 bridgehead atoms. The Labute approximate surface area is 148 Å². The van der Waals surface area contributed by atoms with Crippen molar-refractivity contribution in [1.82, 2.24) is 4.98 Å². The number of pyridine rings is 1. The van der Waals surface area contributed by atoms with Gasteiger partial charge in [0.05, 0.1) is 17.4 Å². The molecule has 0 saturated carbocycles. The highest BCUT2D eigenvalue weighted by Gasteiger charge is 2.08. The summed E-state index contributed by atoms with van der Waals surface area (Å²) in [6.45, 7) is 0. The highest BCUT2D eigenvalue weighted by molar-refractivity contribution is 7.78. The third-order valence-electron chi connectivity index (χ3n) is 3.82. The van der Waals surface area contributed by atoms with Crippen molar-refractivity contribution >= 4 is 16.9 Å². The number of hydrogen-bond acceptors (Lipinski definition) is 4. The molecule has 1 unspecified atom stereocenters. The molecular weight excluding hydrogens is 334 g/mol. The fraction of sp³-hybridized carbons (Fsp3) is 0.0526. The third-order valence-corrected chi connectivity index (χ3v) is 4.40. The van der Waals surface area contributed by atoms with Gasteiger partial charge in [-0.3, -0.25) is 0 Å². The lowest BCUT2D eigenvalue weighted by atomic mass is 10.00. The molecule has 0 spiro atoms. The number of aromatic nitrogens is 1. The summed E-state index contributed by atoms with van der Waals surface area (Å²) >= 11 is -1.85. The molecule has 25 heavy (non-hydrogen) atoms. The zero-order chi connectivity index (χ0) is 17.8. The molecule has 0 aliphatic heterocycles. The Bertz CT molecular complexity index is 961. The minimum Gasteiger partial charge on any atom is -0.383 e. The Morgan fingerprint density at radius 1 is 1.04 bits per heavy atom. The van der Waals surface area contributed by atoms with E-state index in [4.69, 9.17) is 15.5 Å². The maximum absolute atomic E-state index is 10.9. The molecule has 3 aromatic rings. The van der Waals surface area contributed by atoms with Crippen molar-refractivity contribution in [3.8, 4) is 28.3 Å². The van der Waals surface area contributed by atoms with Gasteiger partial charge < -0.3 is 10.3 Å². The Kier molecular flexibility index (Phi) is 4.89. The fourth-order valence-electron chi connectivity index (χ4n) is 2.52. The molecule has 2 aromatic carbocycles. The van der Waals surface area contributed by atoms with Crippen molar-refractivity contribution in [3.63, 3.8) is 0 Å². The van der Waals surface area contributed by atoms with Gasteiger partial charge in [-0.25, -0.2) is 9.19 Å². The lowest BCUT2D eigenvalue weighted by Crippen LogP contribution is -1.96. The number of rotatable bonds is 4. The van der Waals surface area contributed by atoms with E-state index in [0.29, 0.717) is 11.4 Å². The van der Waals surface area contributed by atoms with E-state index in [0.717, 1.165) is 27.8 Å². The Hall–Kier alpha value is -3.01. The SMILES string of the molecule is N#Cc1ccc(-c2cc(-c3ccc(CS(=O)O)cc3)cnc2N)cc1. The molecule has 0 amide bonds. The van der Waals surface area contributed by atoms with Gasteiger partial charge in [0.1, 0.15) is 5.82 Å². The van der Waals surface area contributed by atoms with Gasteiger partial charge in [-0.05, 0) is 34.9 Å². The molecule has 5 nitrogen and oxygen atoms in total. The van der Waals surface area contributed by atoms with Gasteiger partial charge in [-0.2, -0.15) is 5.26 Å². The van der Waals surface area contributed by atoms with Crippen LogP contribution in [0.5, 0.6) is 0 Å². The van der Waals surface area contributed by atoms with E-state index in [1.807, 2.05) is 42.5 Å². The summed E-state index contributed by atoms with van der Waals surface area (Å²) in [5, 5.41) is 8.90. The first kappa shape index (κ1) is 16.8. The normalized spacial score (nSPS) is 11.7. The van der Waals surface area contributed by atoms with Crippen LogP contribution in [0.15, 0.2) is 60.8 Å². The zero-order valence-electron chi connectivity index (χ0n) is 13.2. The van der Waals surface area contributed by atoms with Crippen molar-refractivity contribution in [2.24, 2.45) is 0 Å². The molecule has 3 N–H and O–H groups in total.